The summed E-state index contributed by atoms with van der Waals surface area (Å²) in [4.78, 5) is 13.1. The Balaban J connectivity index is 1.66. The van der Waals surface area contributed by atoms with Crippen molar-refractivity contribution in [2.24, 2.45) is 0 Å². The summed E-state index contributed by atoms with van der Waals surface area (Å²) in [6.45, 7) is 2.00. The molecule has 0 spiro atoms. The Morgan fingerprint density at radius 3 is 2.32 bits per heavy atom. The molecule has 0 amide bonds. The second kappa shape index (κ2) is 11.3. The third kappa shape index (κ3) is 5.52. The average molecular weight is 537 g/mol. The van der Waals surface area contributed by atoms with Gasteiger partial charge in [-0.15, -0.1) is 0 Å². The second-order valence-electron chi connectivity index (χ2n) is 8.25. The molecule has 2 aromatic rings. The van der Waals surface area contributed by atoms with E-state index in [0.717, 1.165) is 5.56 Å². The number of fused-ring (bicyclic) bond motifs is 1. The molecule has 7 atom stereocenters. The molecule has 2 fully saturated rings. The SMILES string of the molecule is CO[C@H]1O[C@@H]2CO[C@@H](c3ccccc3)O[C@H]2[C@H](OC(=O)c2ccccc2)[C@H]1OC(C)(CBr)OC. The van der Waals surface area contributed by atoms with Crippen LogP contribution in [0, 0.1) is 0 Å². The second-order valence-corrected chi connectivity index (χ2v) is 8.81. The maximum Gasteiger partial charge on any atom is 0.338 e. The number of ether oxygens (including phenoxy) is 7. The van der Waals surface area contributed by atoms with Gasteiger partial charge >= 0.3 is 5.97 Å². The first-order valence-corrected chi connectivity index (χ1v) is 12.2. The zero-order valence-corrected chi connectivity index (χ0v) is 20.9. The van der Waals surface area contributed by atoms with E-state index in [9.17, 15) is 4.79 Å². The lowest BCUT2D eigenvalue weighted by atomic mass is 9.96. The van der Waals surface area contributed by atoms with Crippen molar-refractivity contribution in [3.63, 3.8) is 0 Å². The quantitative estimate of drug-likeness (QED) is 0.286. The molecule has 0 saturated carbocycles. The number of hydrogen-bond acceptors (Lipinski definition) is 8. The van der Waals surface area contributed by atoms with Gasteiger partial charge in [-0.05, 0) is 19.1 Å². The standard InChI is InChI=1S/C25H29BrO8/c1-25(15-26,29-3)34-21-20(32-22(27)16-10-6-4-7-11-16)19-18(31-24(21)28-2)14-30-23(33-19)17-12-8-5-9-13-17/h4-13,18-21,23-24H,14-15H2,1-3H3/t18-,19-,20+,21-,23-,24+,25?/m1/s1. The summed E-state index contributed by atoms with van der Waals surface area (Å²) in [6.07, 6.45) is -4.39. The van der Waals surface area contributed by atoms with Gasteiger partial charge < -0.3 is 33.2 Å². The molecule has 4 rings (SSSR count). The van der Waals surface area contributed by atoms with Crippen LogP contribution in [-0.4, -0.2) is 68.6 Å². The Labute approximate surface area is 207 Å². The lowest BCUT2D eigenvalue weighted by molar-refractivity contribution is -0.381. The van der Waals surface area contributed by atoms with E-state index in [-0.39, 0.29) is 6.61 Å². The highest BCUT2D eigenvalue weighted by Gasteiger charge is 2.54. The van der Waals surface area contributed by atoms with Crippen LogP contribution in [0.25, 0.3) is 0 Å². The normalized spacial score (nSPS) is 30.7. The maximum atomic E-state index is 13.1. The van der Waals surface area contributed by atoms with Crippen LogP contribution >= 0.6 is 15.9 Å². The van der Waals surface area contributed by atoms with Gasteiger partial charge in [-0.2, -0.15) is 0 Å². The Hall–Kier alpha value is -1.85. The van der Waals surface area contributed by atoms with Crippen molar-refractivity contribution in [1.29, 1.82) is 0 Å². The van der Waals surface area contributed by atoms with Crippen LogP contribution in [0.5, 0.6) is 0 Å². The van der Waals surface area contributed by atoms with Crippen molar-refractivity contribution < 1.29 is 38.0 Å². The van der Waals surface area contributed by atoms with Gasteiger partial charge in [-0.3, -0.25) is 0 Å². The molecule has 0 aliphatic carbocycles. The van der Waals surface area contributed by atoms with Crippen LogP contribution in [0.2, 0.25) is 0 Å². The summed E-state index contributed by atoms with van der Waals surface area (Å²) in [5.74, 6) is -1.53. The van der Waals surface area contributed by atoms with Crippen LogP contribution in [0.15, 0.2) is 60.7 Å². The van der Waals surface area contributed by atoms with Crippen molar-refractivity contribution in [2.75, 3.05) is 26.2 Å². The summed E-state index contributed by atoms with van der Waals surface area (Å²) in [6, 6.07) is 18.3. The average Bonchev–Trinajstić information content (AvgIpc) is 2.90. The van der Waals surface area contributed by atoms with E-state index in [0.29, 0.717) is 10.9 Å². The fourth-order valence-electron chi connectivity index (χ4n) is 3.96. The zero-order chi connectivity index (χ0) is 24.1. The van der Waals surface area contributed by atoms with Crippen LogP contribution in [0.3, 0.4) is 0 Å². The predicted octanol–water partition coefficient (Wildman–Crippen LogP) is 3.84. The summed E-state index contributed by atoms with van der Waals surface area (Å²) < 4.78 is 41.9. The topological polar surface area (TPSA) is 81.7 Å². The van der Waals surface area contributed by atoms with Crippen molar-refractivity contribution >= 4 is 21.9 Å². The number of esters is 1. The molecule has 0 radical (unpaired) electrons. The summed E-state index contributed by atoms with van der Waals surface area (Å²) in [5.41, 5.74) is 1.27. The van der Waals surface area contributed by atoms with E-state index < -0.39 is 48.8 Å². The molecular weight excluding hydrogens is 508 g/mol. The van der Waals surface area contributed by atoms with Crippen molar-refractivity contribution in [3.8, 4) is 0 Å². The molecule has 0 bridgehead atoms. The van der Waals surface area contributed by atoms with E-state index in [2.05, 4.69) is 15.9 Å². The first-order valence-electron chi connectivity index (χ1n) is 11.0. The molecule has 9 heteroatoms. The molecule has 2 heterocycles. The lowest BCUT2D eigenvalue weighted by Gasteiger charge is -2.49. The Morgan fingerprint density at radius 2 is 1.71 bits per heavy atom. The summed E-state index contributed by atoms with van der Waals surface area (Å²) >= 11 is 3.43. The van der Waals surface area contributed by atoms with Crippen molar-refractivity contribution in [2.45, 2.75) is 49.7 Å². The molecule has 2 aliphatic rings. The number of halogens is 1. The smallest absolute Gasteiger partial charge is 0.338 e. The third-order valence-electron chi connectivity index (χ3n) is 5.90. The number of alkyl halides is 1. The van der Waals surface area contributed by atoms with Crippen LogP contribution in [0.4, 0.5) is 0 Å². The minimum Gasteiger partial charge on any atom is -0.453 e. The molecule has 2 aromatic carbocycles. The lowest BCUT2D eigenvalue weighted by Crippen LogP contribution is -2.65. The maximum absolute atomic E-state index is 13.1. The first kappa shape index (κ1) is 25.2. The Morgan fingerprint density at radius 1 is 1.03 bits per heavy atom. The van der Waals surface area contributed by atoms with Crippen LogP contribution in [-0.2, 0) is 33.2 Å². The molecule has 1 unspecified atom stereocenters. The number of rotatable bonds is 8. The summed E-state index contributed by atoms with van der Waals surface area (Å²) in [5, 5.41) is 0.369. The van der Waals surface area contributed by atoms with E-state index in [1.165, 1.54) is 14.2 Å². The van der Waals surface area contributed by atoms with Crippen molar-refractivity contribution in [1.82, 2.24) is 0 Å². The zero-order valence-electron chi connectivity index (χ0n) is 19.3. The Kier molecular flexibility index (Phi) is 8.36. The number of carbonyl (C=O) groups excluding carboxylic acids is 1. The monoisotopic (exact) mass is 536 g/mol. The first-order chi connectivity index (χ1) is 16.5. The highest BCUT2D eigenvalue weighted by atomic mass is 79.9. The van der Waals surface area contributed by atoms with Gasteiger partial charge in [0.05, 0.1) is 17.5 Å². The van der Waals surface area contributed by atoms with Gasteiger partial charge in [0, 0.05) is 19.8 Å². The van der Waals surface area contributed by atoms with Crippen LogP contribution < -0.4 is 0 Å². The molecule has 0 N–H and O–H groups in total. The van der Waals surface area contributed by atoms with Gasteiger partial charge in [0.2, 0.25) is 0 Å². The van der Waals surface area contributed by atoms with E-state index in [4.69, 9.17) is 33.2 Å². The van der Waals surface area contributed by atoms with Gasteiger partial charge in [0.15, 0.2) is 30.6 Å². The van der Waals surface area contributed by atoms with Crippen LogP contribution in [0.1, 0.15) is 29.1 Å². The van der Waals surface area contributed by atoms with E-state index in [1.54, 1.807) is 31.2 Å². The predicted molar refractivity (Wildman–Crippen MR) is 125 cm³/mol. The molecule has 8 nitrogen and oxygen atoms in total. The number of carbonyl (C=O) groups is 1. The number of benzene rings is 2. The summed E-state index contributed by atoms with van der Waals surface area (Å²) in [7, 11) is 3.05. The molecule has 0 aromatic heterocycles. The molecular formula is C25H29BrO8. The van der Waals surface area contributed by atoms with Crippen molar-refractivity contribution in [3.05, 3.63) is 71.8 Å². The molecule has 34 heavy (non-hydrogen) atoms. The fourth-order valence-corrected chi connectivity index (χ4v) is 4.32. The van der Waals surface area contributed by atoms with E-state index >= 15 is 0 Å². The van der Waals surface area contributed by atoms with Gasteiger partial charge in [0.1, 0.15) is 12.2 Å². The largest absolute Gasteiger partial charge is 0.453 e. The van der Waals surface area contributed by atoms with E-state index in [1.807, 2.05) is 36.4 Å². The highest BCUT2D eigenvalue weighted by Crippen LogP contribution is 2.38. The van der Waals surface area contributed by atoms with Gasteiger partial charge in [-0.1, -0.05) is 64.5 Å². The fraction of sp³-hybridized carbons (Fsp3) is 0.480. The Bertz CT molecular complexity index is 923. The number of hydrogen-bond donors (Lipinski definition) is 0. The van der Waals surface area contributed by atoms with Gasteiger partial charge in [0.25, 0.3) is 0 Å². The molecule has 184 valence electrons. The van der Waals surface area contributed by atoms with Gasteiger partial charge in [-0.25, -0.2) is 4.79 Å². The third-order valence-corrected chi connectivity index (χ3v) is 6.92. The highest BCUT2D eigenvalue weighted by molar-refractivity contribution is 9.09. The molecule has 2 saturated heterocycles. The number of methoxy groups -OCH3 is 2. The molecule has 2 aliphatic heterocycles. The minimum absolute atomic E-state index is 0.232. The minimum atomic E-state index is -1.03.